The molecule has 0 aliphatic carbocycles. The van der Waals surface area contributed by atoms with E-state index in [0.717, 1.165) is 21.3 Å². The summed E-state index contributed by atoms with van der Waals surface area (Å²) in [7, 11) is 0. The molecule has 0 atom stereocenters. The predicted molar refractivity (Wildman–Crippen MR) is 64.0 cm³/mol. The summed E-state index contributed by atoms with van der Waals surface area (Å²) in [6.45, 7) is 0. The number of carbonyl (C=O) groups excluding carboxylic acids is 1. The molecule has 1 aromatic carbocycles. The molecule has 2 rings (SSSR count). The maximum atomic E-state index is 10.8. The van der Waals surface area contributed by atoms with Gasteiger partial charge in [0.05, 0.1) is 9.72 Å². The zero-order chi connectivity index (χ0) is 10.1. The Kier molecular flexibility index (Phi) is 2.81. The van der Waals surface area contributed by atoms with E-state index >= 15 is 0 Å². The van der Waals surface area contributed by atoms with Crippen LogP contribution in [0.3, 0.4) is 0 Å². The van der Waals surface area contributed by atoms with E-state index in [1.54, 1.807) is 29.2 Å². The van der Waals surface area contributed by atoms with Crippen LogP contribution in [0.2, 0.25) is 5.02 Å². The zero-order valence-corrected chi connectivity index (χ0v) is 9.80. The lowest BCUT2D eigenvalue weighted by molar-refractivity contribution is 0.112. The molecule has 1 nitrogen and oxygen atoms in total. The fraction of sp³-hybridized carbons (Fsp3) is 0.100. The molecule has 0 saturated carbocycles. The van der Waals surface area contributed by atoms with Gasteiger partial charge in [0.2, 0.25) is 0 Å². The van der Waals surface area contributed by atoms with Crippen LogP contribution in [0.4, 0.5) is 0 Å². The molecule has 0 spiro atoms. The molecule has 0 aliphatic heterocycles. The molecule has 0 amide bonds. The van der Waals surface area contributed by atoms with Crippen molar-refractivity contribution in [2.45, 2.75) is 4.90 Å². The van der Waals surface area contributed by atoms with Gasteiger partial charge in [0, 0.05) is 15.8 Å². The van der Waals surface area contributed by atoms with Crippen LogP contribution in [-0.4, -0.2) is 12.5 Å². The van der Waals surface area contributed by atoms with Crippen LogP contribution in [0.5, 0.6) is 0 Å². The topological polar surface area (TPSA) is 17.1 Å². The molecule has 1 heterocycles. The van der Waals surface area contributed by atoms with Gasteiger partial charge in [-0.2, -0.15) is 0 Å². The van der Waals surface area contributed by atoms with Gasteiger partial charge >= 0.3 is 0 Å². The van der Waals surface area contributed by atoms with Crippen molar-refractivity contribution in [2.24, 2.45) is 0 Å². The molecule has 0 saturated heterocycles. The first-order chi connectivity index (χ1) is 6.77. The zero-order valence-electron chi connectivity index (χ0n) is 7.41. The maximum Gasteiger partial charge on any atom is 0.151 e. The number of rotatable bonds is 2. The summed E-state index contributed by atoms with van der Waals surface area (Å²) in [4.78, 5) is 11.8. The summed E-state index contributed by atoms with van der Waals surface area (Å²) in [6, 6.07) is 3.74. The van der Waals surface area contributed by atoms with Crippen LogP contribution in [-0.2, 0) is 0 Å². The van der Waals surface area contributed by atoms with Gasteiger partial charge in [-0.05, 0) is 23.8 Å². The van der Waals surface area contributed by atoms with Gasteiger partial charge in [0.25, 0.3) is 0 Å². The highest BCUT2D eigenvalue weighted by Crippen LogP contribution is 2.37. The summed E-state index contributed by atoms with van der Waals surface area (Å²) in [5, 5.41) is 3.73. The van der Waals surface area contributed by atoms with Crippen molar-refractivity contribution >= 4 is 51.1 Å². The van der Waals surface area contributed by atoms with Gasteiger partial charge in [-0.15, -0.1) is 23.1 Å². The second-order valence-electron chi connectivity index (χ2n) is 2.76. The molecular weight excluding hydrogens is 236 g/mol. The van der Waals surface area contributed by atoms with Crippen molar-refractivity contribution in [3.63, 3.8) is 0 Å². The molecule has 0 unspecified atom stereocenters. The molecule has 1 aromatic heterocycles. The molecule has 14 heavy (non-hydrogen) atoms. The second-order valence-corrected chi connectivity index (χ2v) is 4.90. The first-order valence-corrected chi connectivity index (χ1v) is 6.45. The number of fused-ring (bicyclic) bond motifs is 1. The molecular formula is C10H7ClOS2. The molecule has 4 heteroatoms. The van der Waals surface area contributed by atoms with Crippen LogP contribution in [0.15, 0.2) is 22.4 Å². The van der Waals surface area contributed by atoms with Crippen molar-refractivity contribution in [1.29, 1.82) is 0 Å². The Bertz CT molecular complexity index is 490. The van der Waals surface area contributed by atoms with E-state index in [9.17, 15) is 4.79 Å². The lowest BCUT2D eigenvalue weighted by Gasteiger charge is -2.04. The summed E-state index contributed by atoms with van der Waals surface area (Å²) >= 11 is 9.23. The number of hydrogen-bond acceptors (Lipinski definition) is 3. The number of hydrogen-bond donors (Lipinski definition) is 0. The Morgan fingerprint density at radius 2 is 2.36 bits per heavy atom. The van der Waals surface area contributed by atoms with Gasteiger partial charge in [-0.3, -0.25) is 4.79 Å². The molecule has 0 N–H and O–H groups in total. The molecule has 0 radical (unpaired) electrons. The molecule has 72 valence electrons. The number of carbonyl (C=O) groups is 1. The first-order valence-electron chi connectivity index (χ1n) is 3.96. The highest BCUT2D eigenvalue weighted by atomic mass is 35.5. The Labute approximate surface area is 95.1 Å². The van der Waals surface area contributed by atoms with Crippen molar-refractivity contribution in [3.8, 4) is 0 Å². The largest absolute Gasteiger partial charge is 0.298 e. The molecule has 0 aliphatic rings. The van der Waals surface area contributed by atoms with Gasteiger partial charge in [-0.25, -0.2) is 0 Å². The summed E-state index contributed by atoms with van der Waals surface area (Å²) < 4.78 is 1.06. The number of thioether (sulfide) groups is 1. The fourth-order valence-corrected chi connectivity index (χ4v) is 3.37. The van der Waals surface area contributed by atoms with Crippen LogP contribution in [0.25, 0.3) is 10.1 Å². The van der Waals surface area contributed by atoms with Crippen molar-refractivity contribution < 1.29 is 4.79 Å². The van der Waals surface area contributed by atoms with Crippen molar-refractivity contribution in [3.05, 3.63) is 28.1 Å². The average molecular weight is 243 g/mol. The van der Waals surface area contributed by atoms with E-state index in [1.807, 2.05) is 17.7 Å². The Morgan fingerprint density at radius 3 is 3.00 bits per heavy atom. The van der Waals surface area contributed by atoms with E-state index in [-0.39, 0.29) is 0 Å². The fourth-order valence-electron chi connectivity index (χ4n) is 1.41. The van der Waals surface area contributed by atoms with E-state index in [0.29, 0.717) is 10.6 Å². The average Bonchev–Trinajstić information content (AvgIpc) is 2.66. The van der Waals surface area contributed by atoms with Gasteiger partial charge in [-0.1, -0.05) is 11.6 Å². The highest BCUT2D eigenvalue weighted by molar-refractivity contribution is 7.99. The minimum atomic E-state index is 0.662. The quantitative estimate of drug-likeness (QED) is 0.583. The third-order valence-electron chi connectivity index (χ3n) is 2.00. The summed E-state index contributed by atoms with van der Waals surface area (Å²) in [6.07, 6.45) is 2.82. The molecule has 0 fully saturated rings. The Hall–Kier alpha value is -0.510. The van der Waals surface area contributed by atoms with Crippen LogP contribution < -0.4 is 0 Å². The number of aldehydes is 1. The predicted octanol–water partition coefficient (Wildman–Crippen LogP) is 4.09. The number of halogens is 1. The maximum absolute atomic E-state index is 10.8. The van der Waals surface area contributed by atoms with Crippen LogP contribution >= 0.6 is 34.7 Å². The standard InChI is InChI=1S/C10H7ClOS2/c1-13-9-6(5-12)4-8(11)10-7(9)2-3-14-10/h2-5H,1H3. The van der Waals surface area contributed by atoms with E-state index in [4.69, 9.17) is 11.6 Å². The lowest BCUT2D eigenvalue weighted by Crippen LogP contribution is -1.85. The monoisotopic (exact) mass is 242 g/mol. The second kappa shape index (κ2) is 3.93. The highest BCUT2D eigenvalue weighted by Gasteiger charge is 2.10. The SMILES string of the molecule is CSc1c(C=O)cc(Cl)c2sccc12. The molecule has 0 bridgehead atoms. The third-order valence-corrected chi connectivity index (χ3v) is 4.22. The first kappa shape index (κ1) is 10.0. The summed E-state index contributed by atoms with van der Waals surface area (Å²) in [5.41, 5.74) is 0.674. The van der Waals surface area contributed by atoms with Crippen molar-refractivity contribution in [1.82, 2.24) is 0 Å². The number of benzene rings is 1. The minimum absolute atomic E-state index is 0.662. The van der Waals surface area contributed by atoms with E-state index < -0.39 is 0 Å². The minimum Gasteiger partial charge on any atom is -0.298 e. The van der Waals surface area contributed by atoms with Crippen LogP contribution in [0.1, 0.15) is 10.4 Å². The van der Waals surface area contributed by atoms with Gasteiger partial charge < -0.3 is 0 Å². The van der Waals surface area contributed by atoms with E-state index in [2.05, 4.69) is 0 Å². The Balaban J connectivity index is 2.88. The summed E-state index contributed by atoms with van der Waals surface area (Å²) in [5.74, 6) is 0. The van der Waals surface area contributed by atoms with Crippen molar-refractivity contribution in [2.75, 3.05) is 6.26 Å². The molecule has 2 aromatic rings. The lowest BCUT2D eigenvalue weighted by atomic mass is 10.2. The third kappa shape index (κ3) is 1.45. The number of thiophene rings is 1. The smallest absolute Gasteiger partial charge is 0.151 e. The van der Waals surface area contributed by atoms with Gasteiger partial charge in [0.15, 0.2) is 6.29 Å². The normalized spacial score (nSPS) is 10.7. The Morgan fingerprint density at radius 1 is 1.57 bits per heavy atom. The van der Waals surface area contributed by atoms with Crippen LogP contribution in [0, 0.1) is 0 Å². The van der Waals surface area contributed by atoms with Gasteiger partial charge in [0.1, 0.15) is 0 Å². The van der Waals surface area contributed by atoms with E-state index in [1.165, 1.54) is 0 Å².